The minimum atomic E-state index is 0.598. The Morgan fingerprint density at radius 1 is 0.375 bits per heavy atom. The molecule has 0 N–H and O–H groups in total. The van der Waals surface area contributed by atoms with Crippen LogP contribution in [0.2, 0.25) is 0 Å². The van der Waals surface area contributed by atoms with Gasteiger partial charge < -0.3 is 4.57 Å². The molecular formula is C59H49N5. The number of para-hydroxylation sites is 1. The lowest BCUT2D eigenvalue weighted by Crippen LogP contribution is -2.06. The highest BCUT2D eigenvalue weighted by molar-refractivity contribution is 6.26. The number of rotatable bonds is 12. The summed E-state index contributed by atoms with van der Waals surface area (Å²) >= 11 is 0. The lowest BCUT2D eigenvalue weighted by atomic mass is 9.99. The molecule has 5 heteroatoms. The molecule has 64 heavy (non-hydrogen) atoms. The summed E-state index contributed by atoms with van der Waals surface area (Å²) in [6.45, 7) is 4.53. The van der Waals surface area contributed by atoms with Crippen LogP contribution in [-0.2, 0) is 12.8 Å². The Hall–Kier alpha value is -7.63. The number of benzene rings is 8. The van der Waals surface area contributed by atoms with E-state index in [0.717, 1.165) is 83.0 Å². The number of aromatic nitrogens is 5. The molecule has 0 amide bonds. The number of hydrogen-bond acceptors (Lipinski definition) is 3. The van der Waals surface area contributed by atoms with Gasteiger partial charge in [-0.25, -0.2) is 4.98 Å². The first kappa shape index (κ1) is 39.2. The topological polar surface area (TPSA) is 48.5 Å². The first-order valence-electron chi connectivity index (χ1n) is 22.8. The average Bonchev–Trinajstić information content (AvgIpc) is 3.88. The van der Waals surface area contributed by atoms with Crippen LogP contribution in [0.25, 0.3) is 100 Å². The number of aryl methyl sites for hydroxylation is 2. The zero-order valence-corrected chi connectivity index (χ0v) is 36.4. The second-order valence-corrected chi connectivity index (χ2v) is 16.9. The van der Waals surface area contributed by atoms with E-state index in [1.807, 2.05) is 18.2 Å². The summed E-state index contributed by atoms with van der Waals surface area (Å²) in [6.07, 6.45) is 6.68. The van der Waals surface area contributed by atoms with Crippen molar-refractivity contribution in [2.75, 3.05) is 0 Å². The van der Waals surface area contributed by atoms with Crippen LogP contribution in [-0.4, -0.2) is 24.1 Å². The third-order valence-electron chi connectivity index (χ3n) is 12.8. The van der Waals surface area contributed by atoms with Gasteiger partial charge in [-0.2, -0.15) is 9.97 Å². The van der Waals surface area contributed by atoms with E-state index in [-0.39, 0.29) is 0 Å². The molecule has 0 radical (unpaired) electrons. The van der Waals surface area contributed by atoms with Crippen LogP contribution in [0.3, 0.4) is 0 Å². The zero-order valence-electron chi connectivity index (χ0n) is 36.4. The van der Waals surface area contributed by atoms with E-state index >= 15 is 0 Å². The van der Waals surface area contributed by atoms with Gasteiger partial charge in [0.2, 0.25) is 5.95 Å². The van der Waals surface area contributed by atoms with Crippen molar-refractivity contribution in [3.8, 4) is 56.7 Å². The summed E-state index contributed by atoms with van der Waals surface area (Å²) in [5, 5.41) is 4.84. The van der Waals surface area contributed by atoms with Crippen molar-refractivity contribution < 1.29 is 0 Å². The van der Waals surface area contributed by atoms with Crippen molar-refractivity contribution >= 4 is 43.6 Å². The van der Waals surface area contributed by atoms with Crippen LogP contribution in [0, 0.1) is 0 Å². The molecule has 0 saturated carbocycles. The Morgan fingerprint density at radius 3 is 1.39 bits per heavy atom. The van der Waals surface area contributed by atoms with Crippen LogP contribution in [0.15, 0.2) is 188 Å². The van der Waals surface area contributed by atoms with Gasteiger partial charge in [0.25, 0.3) is 0 Å². The van der Waals surface area contributed by atoms with E-state index in [4.69, 9.17) is 15.0 Å². The van der Waals surface area contributed by atoms with Gasteiger partial charge in [-0.05, 0) is 102 Å². The second-order valence-electron chi connectivity index (χ2n) is 16.9. The van der Waals surface area contributed by atoms with Crippen LogP contribution >= 0.6 is 0 Å². The summed E-state index contributed by atoms with van der Waals surface area (Å²) in [7, 11) is 0. The molecule has 0 saturated heterocycles. The van der Waals surface area contributed by atoms with Crippen molar-refractivity contribution in [2.45, 2.75) is 52.4 Å². The Bertz CT molecular complexity index is 3420. The summed E-state index contributed by atoms with van der Waals surface area (Å²) in [5.74, 6) is 1.86. The molecule has 0 aliphatic heterocycles. The maximum Gasteiger partial charge on any atom is 0.238 e. The van der Waals surface area contributed by atoms with Crippen LogP contribution in [0.1, 0.15) is 50.7 Å². The summed E-state index contributed by atoms with van der Waals surface area (Å²) in [5.41, 5.74) is 14.9. The minimum Gasteiger partial charge on any atom is -0.309 e. The van der Waals surface area contributed by atoms with Gasteiger partial charge in [-0.15, -0.1) is 0 Å². The van der Waals surface area contributed by atoms with Gasteiger partial charge in [0.1, 0.15) is 0 Å². The quantitative estimate of drug-likeness (QED) is 0.123. The average molecular weight is 828 g/mol. The van der Waals surface area contributed by atoms with E-state index in [2.05, 4.69) is 193 Å². The fraction of sp³-hybridized carbons (Fsp3) is 0.136. The highest BCUT2D eigenvalue weighted by Crippen LogP contribution is 2.43. The van der Waals surface area contributed by atoms with Crippen molar-refractivity contribution in [1.29, 1.82) is 0 Å². The van der Waals surface area contributed by atoms with Crippen molar-refractivity contribution in [1.82, 2.24) is 24.1 Å². The standard InChI is InChI=1S/C59H49N5/c1-3-5-16-40-24-35-52-50(38-40)49-34-37-54-55(51-39-41(17-6-4-2)25-36-53(51)63(54)48-22-14-9-15-23-48)56(49)64(52)59-61-57(46-20-12-8-13-21-46)60-58(62-59)47-32-30-45(31-33-47)44-28-26-43(27-29-44)42-18-10-7-11-19-42/h7-15,18-39H,3-6,16-17H2,1-2H3. The van der Waals surface area contributed by atoms with Crippen LogP contribution in [0.4, 0.5) is 0 Å². The Labute approximate surface area is 374 Å². The molecule has 0 aliphatic carbocycles. The van der Waals surface area contributed by atoms with E-state index in [1.54, 1.807) is 0 Å². The molecule has 0 bridgehead atoms. The lowest BCUT2D eigenvalue weighted by Gasteiger charge is -2.12. The van der Waals surface area contributed by atoms with E-state index in [9.17, 15) is 0 Å². The highest BCUT2D eigenvalue weighted by atomic mass is 15.2. The third kappa shape index (κ3) is 7.13. The number of hydrogen-bond donors (Lipinski definition) is 0. The largest absolute Gasteiger partial charge is 0.309 e. The fourth-order valence-corrected chi connectivity index (χ4v) is 9.45. The lowest BCUT2D eigenvalue weighted by molar-refractivity contribution is 0.796. The summed E-state index contributed by atoms with van der Waals surface area (Å²) < 4.78 is 4.75. The molecule has 0 aliphatic rings. The maximum absolute atomic E-state index is 5.44. The van der Waals surface area contributed by atoms with Gasteiger partial charge in [0, 0.05) is 38.4 Å². The van der Waals surface area contributed by atoms with Crippen molar-refractivity contribution in [3.05, 3.63) is 199 Å². The Kier molecular flexibility index (Phi) is 10.4. The molecule has 0 spiro atoms. The summed E-state index contributed by atoms with van der Waals surface area (Å²) in [4.78, 5) is 16.0. The first-order chi connectivity index (χ1) is 31.6. The highest BCUT2D eigenvalue weighted by Gasteiger charge is 2.24. The molecule has 5 nitrogen and oxygen atoms in total. The Morgan fingerprint density at radius 2 is 0.828 bits per heavy atom. The Balaban J connectivity index is 1.15. The van der Waals surface area contributed by atoms with E-state index in [0.29, 0.717) is 17.6 Å². The minimum absolute atomic E-state index is 0.598. The van der Waals surface area contributed by atoms with Crippen molar-refractivity contribution in [2.24, 2.45) is 0 Å². The molecule has 11 aromatic rings. The molecule has 11 rings (SSSR count). The predicted molar refractivity (Wildman–Crippen MR) is 267 cm³/mol. The van der Waals surface area contributed by atoms with E-state index in [1.165, 1.54) is 49.3 Å². The molecule has 8 aromatic carbocycles. The van der Waals surface area contributed by atoms with Gasteiger partial charge in [0.15, 0.2) is 11.6 Å². The van der Waals surface area contributed by atoms with Gasteiger partial charge in [-0.1, -0.05) is 172 Å². The number of nitrogens with zero attached hydrogens (tertiary/aromatic N) is 5. The monoisotopic (exact) mass is 827 g/mol. The molecule has 0 fully saturated rings. The summed E-state index contributed by atoms with van der Waals surface area (Å²) in [6, 6.07) is 67.7. The van der Waals surface area contributed by atoms with E-state index < -0.39 is 0 Å². The fourth-order valence-electron chi connectivity index (χ4n) is 9.45. The second kappa shape index (κ2) is 16.9. The van der Waals surface area contributed by atoms with Crippen LogP contribution in [0.5, 0.6) is 0 Å². The molecular weight excluding hydrogens is 779 g/mol. The SMILES string of the molecule is CCCCc1ccc2c(c1)c1c(ccc3c4cc(CCCC)ccc4n(-c4nc(-c5ccccc5)nc(-c5ccc(-c6ccc(-c7ccccc7)cc6)cc5)n4)c31)n2-c1ccccc1. The normalized spacial score (nSPS) is 11.7. The molecule has 3 aromatic heterocycles. The number of fused-ring (bicyclic) bond motifs is 7. The number of unbranched alkanes of at least 4 members (excludes halogenated alkanes) is 2. The van der Waals surface area contributed by atoms with Crippen LogP contribution < -0.4 is 0 Å². The first-order valence-corrected chi connectivity index (χ1v) is 22.8. The smallest absolute Gasteiger partial charge is 0.238 e. The molecule has 0 unspecified atom stereocenters. The zero-order chi connectivity index (χ0) is 43.0. The predicted octanol–water partition coefficient (Wildman–Crippen LogP) is 15.4. The van der Waals surface area contributed by atoms with Gasteiger partial charge in [0.05, 0.1) is 22.1 Å². The molecule has 3 heterocycles. The third-order valence-corrected chi connectivity index (χ3v) is 12.8. The maximum atomic E-state index is 5.44. The van der Waals surface area contributed by atoms with Gasteiger partial charge >= 0.3 is 0 Å². The molecule has 310 valence electrons. The van der Waals surface area contributed by atoms with Gasteiger partial charge in [-0.3, -0.25) is 4.57 Å². The molecule has 0 atom stereocenters. The van der Waals surface area contributed by atoms with Crippen molar-refractivity contribution in [3.63, 3.8) is 0 Å².